The van der Waals surface area contributed by atoms with Crippen LogP contribution in [0.5, 0.6) is 5.75 Å². The van der Waals surface area contributed by atoms with Gasteiger partial charge in [-0.25, -0.2) is 0 Å². The number of carbonyl (C=O) groups is 2. The fourth-order valence-corrected chi connectivity index (χ4v) is 4.35. The van der Waals surface area contributed by atoms with Gasteiger partial charge in [-0.1, -0.05) is 60.7 Å². The number of amides is 2. The molecule has 194 valence electrons. The van der Waals surface area contributed by atoms with E-state index in [1.807, 2.05) is 90.4 Å². The number of piperazine rings is 1. The molecule has 0 unspecified atom stereocenters. The van der Waals surface area contributed by atoms with Crippen LogP contribution in [0.25, 0.3) is 6.08 Å². The molecule has 1 saturated heterocycles. The third-order valence-electron chi connectivity index (χ3n) is 6.57. The minimum atomic E-state index is -0.544. The number of hydrogen-bond acceptors (Lipinski definition) is 4. The first-order valence-electron chi connectivity index (χ1n) is 12.5. The average molecular weight is 512 g/mol. The van der Waals surface area contributed by atoms with Crippen molar-refractivity contribution < 1.29 is 14.3 Å². The highest BCUT2D eigenvalue weighted by Crippen LogP contribution is 2.22. The lowest BCUT2D eigenvalue weighted by atomic mass is 9.94. The van der Waals surface area contributed by atoms with E-state index < -0.39 is 5.41 Å². The molecular formula is C29H38ClN3O3. The summed E-state index contributed by atoms with van der Waals surface area (Å²) in [6.07, 6.45) is 4.40. The van der Waals surface area contributed by atoms with E-state index in [9.17, 15) is 9.59 Å². The summed E-state index contributed by atoms with van der Waals surface area (Å²) in [5.74, 6) is 1.33. The van der Waals surface area contributed by atoms with Crippen LogP contribution in [0.2, 0.25) is 0 Å². The van der Waals surface area contributed by atoms with Crippen LogP contribution in [0.3, 0.4) is 0 Å². The number of hydrogen-bond donors (Lipinski definition) is 0. The molecule has 0 radical (unpaired) electrons. The molecule has 0 spiro atoms. The summed E-state index contributed by atoms with van der Waals surface area (Å²) in [6, 6.07) is 17.7. The monoisotopic (exact) mass is 511 g/mol. The zero-order valence-electron chi connectivity index (χ0n) is 21.7. The summed E-state index contributed by atoms with van der Waals surface area (Å²) in [5, 5.41) is 0. The molecule has 3 rings (SSSR count). The third-order valence-corrected chi connectivity index (χ3v) is 7.24. The van der Waals surface area contributed by atoms with Gasteiger partial charge in [-0.05, 0) is 25.5 Å². The minimum Gasteiger partial charge on any atom is -0.496 e. The number of carbonyl (C=O) groups excluding carboxylic acids is 2. The van der Waals surface area contributed by atoms with Gasteiger partial charge in [0, 0.05) is 57.3 Å². The first-order valence-corrected chi connectivity index (χ1v) is 13.1. The van der Waals surface area contributed by atoms with Crippen molar-refractivity contribution >= 4 is 29.5 Å². The first kappa shape index (κ1) is 27.8. The lowest BCUT2D eigenvalue weighted by Gasteiger charge is -2.38. The average Bonchev–Trinajstić information content (AvgIpc) is 2.91. The van der Waals surface area contributed by atoms with Gasteiger partial charge < -0.3 is 14.5 Å². The topological polar surface area (TPSA) is 53.1 Å². The second-order valence-corrected chi connectivity index (χ2v) is 10.1. The van der Waals surface area contributed by atoms with Crippen molar-refractivity contribution in [1.29, 1.82) is 0 Å². The van der Waals surface area contributed by atoms with Gasteiger partial charge in [0.05, 0.1) is 18.9 Å². The van der Waals surface area contributed by atoms with Gasteiger partial charge in [-0.15, -0.1) is 11.6 Å². The Morgan fingerprint density at radius 3 is 2.36 bits per heavy atom. The summed E-state index contributed by atoms with van der Waals surface area (Å²) >= 11 is 6.00. The highest BCUT2D eigenvalue weighted by molar-refractivity contribution is 6.19. The van der Waals surface area contributed by atoms with Gasteiger partial charge in [0.25, 0.3) is 0 Å². The van der Waals surface area contributed by atoms with E-state index >= 15 is 0 Å². The molecule has 0 aromatic heterocycles. The van der Waals surface area contributed by atoms with Gasteiger partial charge in [-0.3, -0.25) is 14.5 Å². The Labute approximate surface area is 220 Å². The molecule has 0 bridgehead atoms. The number of para-hydroxylation sites is 1. The number of nitrogens with zero attached hydrogens (tertiary/aromatic N) is 3. The molecule has 6 nitrogen and oxygen atoms in total. The van der Waals surface area contributed by atoms with E-state index in [0.717, 1.165) is 36.5 Å². The SMILES string of the molecule is COc1ccccc1/C=C/CN(CCN1CCN(C(=O)C(C)(C)CCl)CC1)C(=O)Cc1ccccc1. The van der Waals surface area contributed by atoms with Crippen molar-refractivity contribution in [3.05, 3.63) is 71.8 Å². The Balaban J connectivity index is 1.60. The van der Waals surface area contributed by atoms with Crippen LogP contribution in [0.15, 0.2) is 60.7 Å². The maximum absolute atomic E-state index is 13.2. The van der Waals surface area contributed by atoms with E-state index in [2.05, 4.69) is 4.90 Å². The second kappa shape index (κ2) is 13.5. The lowest BCUT2D eigenvalue weighted by Crippen LogP contribution is -2.53. The van der Waals surface area contributed by atoms with Crippen molar-refractivity contribution in [2.45, 2.75) is 20.3 Å². The maximum Gasteiger partial charge on any atom is 0.229 e. The van der Waals surface area contributed by atoms with Gasteiger partial charge in [-0.2, -0.15) is 0 Å². The van der Waals surface area contributed by atoms with Crippen LogP contribution in [0, 0.1) is 5.41 Å². The summed E-state index contributed by atoms with van der Waals surface area (Å²) in [4.78, 5) is 32.1. The number of benzene rings is 2. The molecule has 1 heterocycles. The quantitative estimate of drug-likeness (QED) is 0.424. The van der Waals surface area contributed by atoms with Crippen LogP contribution in [0.4, 0.5) is 0 Å². The molecule has 2 amide bonds. The molecule has 36 heavy (non-hydrogen) atoms. The molecule has 0 aliphatic carbocycles. The van der Waals surface area contributed by atoms with Crippen molar-refractivity contribution in [2.24, 2.45) is 5.41 Å². The van der Waals surface area contributed by atoms with E-state index in [-0.39, 0.29) is 11.8 Å². The van der Waals surface area contributed by atoms with E-state index in [0.29, 0.717) is 38.5 Å². The summed E-state index contributed by atoms with van der Waals surface area (Å²) in [5.41, 5.74) is 1.45. The summed E-state index contributed by atoms with van der Waals surface area (Å²) < 4.78 is 5.44. The molecular weight excluding hydrogens is 474 g/mol. The first-order chi connectivity index (χ1) is 17.3. The Hall–Kier alpha value is -2.83. The number of ether oxygens (including phenoxy) is 1. The number of rotatable bonds is 11. The van der Waals surface area contributed by atoms with Crippen LogP contribution >= 0.6 is 11.6 Å². The van der Waals surface area contributed by atoms with Gasteiger partial charge in [0.2, 0.25) is 11.8 Å². The van der Waals surface area contributed by atoms with Gasteiger partial charge >= 0.3 is 0 Å². The predicted molar refractivity (Wildman–Crippen MR) is 146 cm³/mol. The highest BCUT2D eigenvalue weighted by Gasteiger charge is 2.33. The summed E-state index contributed by atoms with van der Waals surface area (Å²) in [6.45, 7) is 8.66. The zero-order valence-corrected chi connectivity index (χ0v) is 22.4. The number of methoxy groups -OCH3 is 1. The largest absolute Gasteiger partial charge is 0.496 e. The standard InChI is InChI=1S/C29H38ClN3O3/c1-29(2,23-30)28(35)33-20-17-31(18-21-33)16-19-32(27(34)22-24-10-5-4-6-11-24)15-9-13-25-12-7-8-14-26(25)36-3/h4-14H,15-23H2,1-3H3/b13-9+. The Morgan fingerprint density at radius 2 is 1.69 bits per heavy atom. The molecule has 2 aromatic rings. The van der Waals surface area contributed by atoms with E-state index in [1.165, 1.54) is 0 Å². The van der Waals surface area contributed by atoms with Gasteiger partial charge in [0.15, 0.2) is 0 Å². The molecule has 1 fully saturated rings. The van der Waals surface area contributed by atoms with Crippen LogP contribution in [0.1, 0.15) is 25.0 Å². The zero-order chi connectivity index (χ0) is 26.0. The summed E-state index contributed by atoms with van der Waals surface area (Å²) in [7, 11) is 1.66. The van der Waals surface area contributed by atoms with Crippen molar-refractivity contribution in [1.82, 2.24) is 14.7 Å². The van der Waals surface area contributed by atoms with Crippen LogP contribution in [-0.2, 0) is 16.0 Å². The van der Waals surface area contributed by atoms with E-state index in [4.69, 9.17) is 16.3 Å². The highest BCUT2D eigenvalue weighted by atomic mass is 35.5. The minimum absolute atomic E-state index is 0.101. The van der Waals surface area contributed by atoms with E-state index in [1.54, 1.807) is 7.11 Å². The molecule has 0 atom stereocenters. The smallest absolute Gasteiger partial charge is 0.229 e. The predicted octanol–water partition coefficient (Wildman–Crippen LogP) is 4.19. The third kappa shape index (κ3) is 7.84. The molecule has 1 aliphatic heterocycles. The molecule has 1 aliphatic rings. The fourth-order valence-electron chi connectivity index (χ4n) is 4.23. The Kier molecular flexibility index (Phi) is 10.4. The van der Waals surface area contributed by atoms with Crippen LogP contribution in [-0.4, -0.2) is 85.3 Å². The number of halogens is 1. The van der Waals surface area contributed by atoms with Crippen LogP contribution < -0.4 is 4.74 Å². The van der Waals surface area contributed by atoms with Crippen molar-refractivity contribution in [2.75, 3.05) is 58.8 Å². The van der Waals surface area contributed by atoms with Crippen molar-refractivity contribution in [3.63, 3.8) is 0 Å². The Morgan fingerprint density at radius 1 is 1.03 bits per heavy atom. The number of alkyl halides is 1. The molecule has 0 N–H and O–H groups in total. The molecule has 7 heteroatoms. The lowest BCUT2D eigenvalue weighted by molar-refractivity contribution is -0.141. The molecule has 0 saturated carbocycles. The van der Waals surface area contributed by atoms with Gasteiger partial charge in [0.1, 0.15) is 5.75 Å². The Bertz CT molecular complexity index is 1020. The maximum atomic E-state index is 13.2. The van der Waals surface area contributed by atoms with Crippen molar-refractivity contribution in [3.8, 4) is 5.75 Å². The molecule has 2 aromatic carbocycles. The fraction of sp³-hybridized carbons (Fsp3) is 0.448. The normalized spacial score (nSPS) is 14.7. The second-order valence-electron chi connectivity index (χ2n) is 9.80.